The molecule has 0 bridgehead atoms. The first kappa shape index (κ1) is 43.5. The molecular weight excluding hydrogens is 728 g/mol. The normalized spacial score (nSPS) is 57.3. The SMILES string of the molecule is C[C@@H]1O[C@@H](O[C@H]2[C@H](O[C@H]3C[C@]4(C)C(CC(O)C5C([C@]6(C)CCC(C(C)(C)O)O6)CC[C@]54C)[C@@]4(C)CC[C@H](O)C(C)(C)C34)O[C@H](CO)[C@@H](O)[C@@H]2O)[C@H](O)[C@H](O)[C@H]1O. The summed E-state index contributed by atoms with van der Waals surface area (Å²) in [5.41, 5.74) is -3.36. The number of hydrogen-bond acceptors (Lipinski definition) is 14. The predicted molar refractivity (Wildman–Crippen MR) is 200 cm³/mol. The minimum absolute atomic E-state index is 0.0557. The molecule has 22 atom stereocenters. The van der Waals surface area contributed by atoms with Crippen molar-refractivity contribution in [1.82, 2.24) is 0 Å². The number of aliphatic hydroxyl groups excluding tert-OH is 8. The third-order valence-corrected chi connectivity index (χ3v) is 17.3. The Morgan fingerprint density at radius 3 is 2.04 bits per heavy atom. The Balaban J connectivity index is 1.26. The molecule has 7 aliphatic rings. The second-order valence-corrected chi connectivity index (χ2v) is 21.2. The van der Waals surface area contributed by atoms with E-state index in [0.29, 0.717) is 25.7 Å². The lowest BCUT2D eigenvalue weighted by atomic mass is 9.34. The first-order chi connectivity index (χ1) is 25.9. The van der Waals surface area contributed by atoms with Crippen molar-refractivity contribution < 1.29 is 69.6 Å². The van der Waals surface area contributed by atoms with Gasteiger partial charge in [0.1, 0.15) is 42.7 Å². The molecule has 0 aromatic rings. The van der Waals surface area contributed by atoms with Crippen molar-refractivity contribution in [1.29, 1.82) is 0 Å². The highest BCUT2D eigenvalue weighted by Crippen LogP contribution is 2.76. The van der Waals surface area contributed by atoms with Crippen LogP contribution in [0.1, 0.15) is 114 Å². The molecule has 0 spiro atoms. The predicted octanol–water partition coefficient (Wildman–Crippen LogP) is 1.36. The third kappa shape index (κ3) is 6.49. The van der Waals surface area contributed by atoms with Crippen LogP contribution in [0.3, 0.4) is 0 Å². The van der Waals surface area contributed by atoms with Gasteiger partial charge in [-0.3, -0.25) is 0 Å². The summed E-state index contributed by atoms with van der Waals surface area (Å²) in [4.78, 5) is 0. The molecule has 7 rings (SSSR count). The van der Waals surface area contributed by atoms with Crippen LogP contribution in [0.4, 0.5) is 0 Å². The zero-order chi connectivity index (χ0) is 41.3. The molecule has 9 N–H and O–H groups in total. The Morgan fingerprint density at radius 2 is 1.41 bits per heavy atom. The van der Waals surface area contributed by atoms with Gasteiger partial charge in [0.05, 0.1) is 48.3 Å². The van der Waals surface area contributed by atoms with Gasteiger partial charge >= 0.3 is 0 Å². The van der Waals surface area contributed by atoms with E-state index in [9.17, 15) is 46.0 Å². The number of fused-ring (bicyclic) bond motifs is 5. The van der Waals surface area contributed by atoms with Crippen molar-refractivity contribution in [2.45, 2.75) is 211 Å². The van der Waals surface area contributed by atoms with E-state index in [1.165, 1.54) is 6.92 Å². The smallest absolute Gasteiger partial charge is 0.187 e. The monoisotopic (exact) mass is 800 g/mol. The molecule has 14 nitrogen and oxygen atoms in total. The molecule has 6 unspecified atom stereocenters. The lowest BCUT2D eigenvalue weighted by Gasteiger charge is -2.72. The van der Waals surface area contributed by atoms with Crippen LogP contribution >= 0.6 is 0 Å². The van der Waals surface area contributed by atoms with Gasteiger partial charge in [0.25, 0.3) is 0 Å². The molecule has 0 radical (unpaired) electrons. The summed E-state index contributed by atoms with van der Waals surface area (Å²) in [6.45, 7) is 17.6. The van der Waals surface area contributed by atoms with Gasteiger partial charge in [-0.05, 0) is 124 Å². The Bertz CT molecular complexity index is 1430. The fraction of sp³-hybridized carbons (Fsp3) is 1.00. The standard InChI is InChI=1S/C42H72O14/c1-19-28(46)30(48)32(50)35(52-19)55-33-31(49)29(47)23(18-43)54-36(33)53-22-17-41(8)24(39(6)13-11-25(45)37(2,3)34(22)39)16-21(44)27-20(10-14-40(27,41)7)42(9)15-12-26(56-42)38(4,5)51/h19-36,43-51H,10-18H2,1-9H3/t19-,20?,21?,22-,23+,24?,25-,26?,27?,28-,29+,30+,31-,32+,33+,34?,35-,36+,39+,40+,41+,42-/m0/s1. The minimum atomic E-state index is -1.70. The summed E-state index contributed by atoms with van der Waals surface area (Å²) in [5.74, 6) is -0.246. The summed E-state index contributed by atoms with van der Waals surface area (Å²) < 4.78 is 32.0. The summed E-state index contributed by atoms with van der Waals surface area (Å²) >= 11 is 0. The van der Waals surface area contributed by atoms with E-state index < -0.39 is 114 Å². The zero-order valence-corrected chi connectivity index (χ0v) is 34.8. The van der Waals surface area contributed by atoms with Gasteiger partial charge in [-0.25, -0.2) is 0 Å². The minimum Gasteiger partial charge on any atom is -0.394 e. The molecule has 0 aromatic heterocycles. The molecule has 4 saturated carbocycles. The maximum atomic E-state index is 12.4. The Hall–Kier alpha value is -0.560. The van der Waals surface area contributed by atoms with Gasteiger partial charge in [-0.2, -0.15) is 0 Å². The van der Waals surface area contributed by atoms with E-state index in [1.54, 1.807) is 13.8 Å². The second-order valence-electron chi connectivity index (χ2n) is 21.2. The first-order valence-electron chi connectivity index (χ1n) is 21.2. The maximum Gasteiger partial charge on any atom is 0.187 e. The molecule has 14 heteroatoms. The highest BCUT2D eigenvalue weighted by Gasteiger charge is 2.74. The quantitative estimate of drug-likeness (QED) is 0.166. The van der Waals surface area contributed by atoms with Crippen molar-refractivity contribution in [2.24, 2.45) is 45.3 Å². The van der Waals surface area contributed by atoms with E-state index in [2.05, 4.69) is 41.5 Å². The molecule has 7 fully saturated rings. The third-order valence-electron chi connectivity index (χ3n) is 17.3. The van der Waals surface area contributed by atoms with E-state index in [-0.39, 0.29) is 35.2 Å². The van der Waals surface area contributed by atoms with Gasteiger partial charge in [0, 0.05) is 0 Å². The van der Waals surface area contributed by atoms with Gasteiger partial charge in [0.2, 0.25) is 0 Å². The lowest BCUT2D eigenvalue weighted by Crippen LogP contribution is -2.71. The van der Waals surface area contributed by atoms with E-state index >= 15 is 0 Å². The highest BCUT2D eigenvalue weighted by molar-refractivity contribution is 5.22. The van der Waals surface area contributed by atoms with Crippen LogP contribution in [-0.4, -0.2) is 150 Å². The van der Waals surface area contributed by atoms with E-state index in [4.69, 9.17) is 23.7 Å². The van der Waals surface area contributed by atoms with Crippen LogP contribution in [0.25, 0.3) is 0 Å². The van der Waals surface area contributed by atoms with E-state index in [1.807, 2.05) is 0 Å². The highest BCUT2D eigenvalue weighted by atomic mass is 16.8. The Labute approximate surface area is 331 Å². The summed E-state index contributed by atoms with van der Waals surface area (Å²) in [6.07, 6.45) is -11.0. The van der Waals surface area contributed by atoms with Gasteiger partial charge in [0.15, 0.2) is 12.6 Å². The van der Waals surface area contributed by atoms with Crippen LogP contribution < -0.4 is 0 Å². The summed E-state index contributed by atoms with van der Waals surface area (Å²) in [5, 5.41) is 99.5. The second kappa shape index (κ2) is 14.5. The average Bonchev–Trinajstić information content (AvgIpc) is 3.71. The summed E-state index contributed by atoms with van der Waals surface area (Å²) in [7, 11) is 0. The molecule has 0 aromatic carbocycles. The van der Waals surface area contributed by atoms with Crippen LogP contribution in [0.15, 0.2) is 0 Å². The van der Waals surface area contributed by atoms with Crippen LogP contribution in [0, 0.1) is 45.3 Å². The topological polar surface area (TPSA) is 228 Å². The molecule has 56 heavy (non-hydrogen) atoms. The fourth-order valence-electron chi connectivity index (χ4n) is 14.1. The first-order valence-corrected chi connectivity index (χ1v) is 21.2. The molecule has 4 aliphatic carbocycles. The Kier molecular flexibility index (Phi) is 11.3. The van der Waals surface area contributed by atoms with Crippen LogP contribution in [-0.2, 0) is 23.7 Å². The van der Waals surface area contributed by atoms with Gasteiger partial charge < -0.3 is 69.6 Å². The molecule has 3 saturated heterocycles. The average molecular weight is 801 g/mol. The number of hydrogen-bond donors (Lipinski definition) is 9. The molecular formula is C42H72O14. The molecule has 3 aliphatic heterocycles. The fourth-order valence-corrected chi connectivity index (χ4v) is 14.1. The molecule has 3 heterocycles. The largest absolute Gasteiger partial charge is 0.394 e. The van der Waals surface area contributed by atoms with Crippen molar-refractivity contribution in [3.05, 3.63) is 0 Å². The number of aliphatic hydroxyl groups is 9. The maximum absolute atomic E-state index is 12.4. The van der Waals surface area contributed by atoms with Crippen molar-refractivity contribution >= 4 is 0 Å². The van der Waals surface area contributed by atoms with Crippen LogP contribution in [0.2, 0.25) is 0 Å². The number of ether oxygens (including phenoxy) is 5. The van der Waals surface area contributed by atoms with Gasteiger partial charge in [-0.1, -0.05) is 34.6 Å². The zero-order valence-electron chi connectivity index (χ0n) is 34.8. The number of rotatable bonds is 7. The summed E-state index contributed by atoms with van der Waals surface area (Å²) in [6, 6.07) is 0. The van der Waals surface area contributed by atoms with E-state index in [0.717, 1.165) is 25.7 Å². The van der Waals surface area contributed by atoms with Crippen molar-refractivity contribution in [3.8, 4) is 0 Å². The molecule has 324 valence electrons. The Morgan fingerprint density at radius 1 is 0.732 bits per heavy atom. The lowest BCUT2D eigenvalue weighted by molar-refractivity contribution is -0.382. The van der Waals surface area contributed by atoms with Crippen LogP contribution in [0.5, 0.6) is 0 Å². The van der Waals surface area contributed by atoms with Crippen molar-refractivity contribution in [2.75, 3.05) is 6.61 Å². The van der Waals surface area contributed by atoms with Gasteiger partial charge in [-0.15, -0.1) is 0 Å². The molecule has 0 amide bonds. The van der Waals surface area contributed by atoms with Crippen molar-refractivity contribution in [3.63, 3.8) is 0 Å².